The second-order valence-electron chi connectivity index (χ2n) is 4.55. The molecule has 0 radical (unpaired) electrons. The smallest absolute Gasteiger partial charge is 0.270 e. The number of halogens is 1. The summed E-state index contributed by atoms with van der Waals surface area (Å²) in [6, 6.07) is 7.53. The molecule has 1 heterocycles. The molecule has 5 nitrogen and oxygen atoms in total. The number of carbonyl (C=O) groups excluding carboxylic acids is 1. The summed E-state index contributed by atoms with van der Waals surface area (Å²) in [4.78, 5) is 19.7. The zero-order chi connectivity index (χ0) is 14.5. The monoisotopic (exact) mass is 274 g/mol. The zero-order valence-electron chi connectivity index (χ0n) is 11.2. The SMILES string of the molecule is CC(C)NC(=O)c1cc(Nc2cccc(F)c2)ncn1. The number of nitrogens with one attached hydrogen (secondary N) is 2. The van der Waals surface area contributed by atoms with Crippen molar-refractivity contribution in [3.05, 3.63) is 48.2 Å². The van der Waals surface area contributed by atoms with Crippen molar-refractivity contribution in [1.29, 1.82) is 0 Å². The molecule has 104 valence electrons. The molecule has 2 rings (SSSR count). The average Bonchev–Trinajstić information content (AvgIpc) is 2.38. The van der Waals surface area contributed by atoms with Crippen molar-refractivity contribution in [3.63, 3.8) is 0 Å². The molecule has 20 heavy (non-hydrogen) atoms. The summed E-state index contributed by atoms with van der Waals surface area (Å²) in [5, 5.41) is 5.66. The summed E-state index contributed by atoms with van der Waals surface area (Å²) in [7, 11) is 0. The summed E-state index contributed by atoms with van der Waals surface area (Å²) in [5.74, 6) is -0.189. The second kappa shape index (κ2) is 6.10. The van der Waals surface area contributed by atoms with Gasteiger partial charge in [0, 0.05) is 17.8 Å². The highest BCUT2D eigenvalue weighted by Gasteiger charge is 2.09. The first-order chi connectivity index (χ1) is 9.54. The Labute approximate surface area is 116 Å². The van der Waals surface area contributed by atoms with Crippen LogP contribution in [0.2, 0.25) is 0 Å². The average molecular weight is 274 g/mol. The van der Waals surface area contributed by atoms with Crippen LogP contribution < -0.4 is 10.6 Å². The first kappa shape index (κ1) is 13.9. The third-order valence-corrected chi connectivity index (χ3v) is 2.42. The van der Waals surface area contributed by atoms with Crippen LogP contribution in [0.25, 0.3) is 0 Å². The van der Waals surface area contributed by atoms with Crippen molar-refractivity contribution in [3.8, 4) is 0 Å². The fourth-order valence-corrected chi connectivity index (χ4v) is 1.60. The molecular formula is C14H15FN4O. The predicted octanol–water partition coefficient (Wildman–Crippen LogP) is 2.50. The van der Waals surface area contributed by atoms with Gasteiger partial charge in [0.2, 0.25) is 0 Å². The van der Waals surface area contributed by atoms with Gasteiger partial charge >= 0.3 is 0 Å². The van der Waals surface area contributed by atoms with Crippen LogP contribution in [-0.4, -0.2) is 21.9 Å². The quantitative estimate of drug-likeness (QED) is 0.899. The van der Waals surface area contributed by atoms with E-state index in [0.29, 0.717) is 11.5 Å². The van der Waals surface area contributed by atoms with E-state index in [0.717, 1.165) is 0 Å². The Hall–Kier alpha value is -2.50. The largest absolute Gasteiger partial charge is 0.349 e. The Balaban J connectivity index is 2.15. The van der Waals surface area contributed by atoms with Crippen LogP contribution in [-0.2, 0) is 0 Å². The lowest BCUT2D eigenvalue weighted by molar-refractivity contribution is 0.0938. The molecule has 0 fully saturated rings. The van der Waals surface area contributed by atoms with Gasteiger partial charge in [-0.2, -0.15) is 0 Å². The van der Waals surface area contributed by atoms with E-state index in [4.69, 9.17) is 0 Å². The number of carbonyl (C=O) groups is 1. The molecule has 1 amide bonds. The van der Waals surface area contributed by atoms with Gasteiger partial charge in [0.15, 0.2) is 0 Å². The van der Waals surface area contributed by atoms with E-state index in [9.17, 15) is 9.18 Å². The summed E-state index contributed by atoms with van der Waals surface area (Å²) in [5.41, 5.74) is 0.812. The van der Waals surface area contributed by atoms with Crippen molar-refractivity contribution in [1.82, 2.24) is 15.3 Å². The second-order valence-corrected chi connectivity index (χ2v) is 4.55. The van der Waals surface area contributed by atoms with Gasteiger partial charge < -0.3 is 10.6 Å². The molecule has 2 N–H and O–H groups in total. The van der Waals surface area contributed by atoms with E-state index in [1.807, 2.05) is 13.8 Å². The molecule has 0 saturated carbocycles. The van der Waals surface area contributed by atoms with Crippen LogP contribution in [0.15, 0.2) is 36.7 Å². The number of hydrogen-bond acceptors (Lipinski definition) is 4. The normalized spacial score (nSPS) is 10.4. The number of rotatable bonds is 4. The van der Waals surface area contributed by atoms with Crippen LogP contribution in [0, 0.1) is 5.82 Å². The van der Waals surface area contributed by atoms with Crippen LogP contribution in [0.3, 0.4) is 0 Å². The lowest BCUT2D eigenvalue weighted by atomic mass is 10.3. The molecule has 0 atom stereocenters. The van der Waals surface area contributed by atoms with Gasteiger partial charge in [-0.1, -0.05) is 6.07 Å². The third kappa shape index (κ3) is 3.74. The molecule has 0 unspecified atom stereocenters. The van der Waals surface area contributed by atoms with Gasteiger partial charge in [-0.15, -0.1) is 0 Å². The van der Waals surface area contributed by atoms with Crippen molar-refractivity contribution >= 4 is 17.4 Å². The lowest BCUT2D eigenvalue weighted by Crippen LogP contribution is -2.30. The molecule has 0 aliphatic rings. The molecule has 0 spiro atoms. The standard InChI is InChI=1S/C14H15FN4O/c1-9(2)18-14(20)12-7-13(17-8-16-12)19-11-5-3-4-10(15)6-11/h3-9H,1-2H3,(H,18,20)(H,16,17,19). The highest BCUT2D eigenvalue weighted by Crippen LogP contribution is 2.15. The fraction of sp³-hybridized carbons (Fsp3) is 0.214. The van der Waals surface area contributed by atoms with Gasteiger partial charge in [0.25, 0.3) is 5.91 Å². The minimum absolute atomic E-state index is 0.0251. The Kier molecular flexibility index (Phi) is 4.24. The number of amides is 1. The molecule has 0 aliphatic carbocycles. The van der Waals surface area contributed by atoms with E-state index in [2.05, 4.69) is 20.6 Å². The molecule has 0 aliphatic heterocycles. The van der Waals surface area contributed by atoms with Crippen molar-refractivity contribution in [2.45, 2.75) is 19.9 Å². The van der Waals surface area contributed by atoms with E-state index in [-0.39, 0.29) is 23.5 Å². The van der Waals surface area contributed by atoms with Gasteiger partial charge in [-0.3, -0.25) is 4.79 Å². The summed E-state index contributed by atoms with van der Waals surface area (Å²) < 4.78 is 13.1. The Morgan fingerprint density at radius 3 is 2.75 bits per heavy atom. The molecule has 6 heteroatoms. The van der Waals surface area contributed by atoms with Gasteiger partial charge in [0.05, 0.1) is 0 Å². The van der Waals surface area contributed by atoms with E-state index >= 15 is 0 Å². The van der Waals surface area contributed by atoms with Crippen molar-refractivity contribution in [2.24, 2.45) is 0 Å². The molecule has 2 aromatic rings. The first-order valence-corrected chi connectivity index (χ1v) is 6.20. The lowest BCUT2D eigenvalue weighted by Gasteiger charge is -2.09. The summed E-state index contributed by atoms with van der Waals surface area (Å²) in [6.45, 7) is 3.73. The maximum absolute atomic E-state index is 13.1. The van der Waals surface area contributed by atoms with Crippen molar-refractivity contribution in [2.75, 3.05) is 5.32 Å². The fourth-order valence-electron chi connectivity index (χ4n) is 1.60. The topological polar surface area (TPSA) is 66.9 Å². The highest BCUT2D eigenvalue weighted by molar-refractivity contribution is 5.93. The number of nitrogens with zero attached hydrogens (tertiary/aromatic N) is 2. The minimum atomic E-state index is -0.346. The summed E-state index contributed by atoms with van der Waals surface area (Å²) in [6.07, 6.45) is 1.29. The summed E-state index contributed by atoms with van der Waals surface area (Å²) >= 11 is 0. The molecule has 0 saturated heterocycles. The van der Waals surface area contributed by atoms with Gasteiger partial charge in [-0.25, -0.2) is 14.4 Å². The predicted molar refractivity (Wildman–Crippen MR) is 74.3 cm³/mol. The molecule has 0 bridgehead atoms. The van der Waals surface area contributed by atoms with E-state index < -0.39 is 0 Å². The van der Waals surface area contributed by atoms with Gasteiger partial charge in [-0.05, 0) is 32.0 Å². The Morgan fingerprint density at radius 2 is 2.05 bits per heavy atom. The van der Waals surface area contributed by atoms with E-state index in [1.165, 1.54) is 24.5 Å². The Morgan fingerprint density at radius 1 is 1.25 bits per heavy atom. The Bertz CT molecular complexity index is 616. The van der Waals surface area contributed by atoms with Gasteiger partial charge in [0.1, 0.15) is 23.7 Å². The number of aromatic nitrogens is 2. The van der Waals surface area contributed by atoms with Crippen LogP contribution in [0.5, 0.6) is 0 Å². The minimum Gasteiger partial charge on any atom is -0.349 e. The molecule has 1 aromatic heterocycles. The number of benzene rings is 1. The highest BCUT2D eigenvalue weighted by atomic mass is 19.1. The van der Waals surface area contributed by atoms with E-state index in [1.54, 1.807) is 12.1 Å². The molecule has 1 aromatic carbocycles. The maximum atomic E-state index is 13.1. The zero-order valence-corrected chi connectivity index (χ0v) is 11.2. The molecular weight excluding hydrogens is 259 g/mol. The first-order valence-electron chi connectivity index (χ1n) is 6.20. The maximum Gasteiger partial charge on any atom is 0.270 e. The number of hydrogen-bond donors (Lipinski definition) is 2. The van der Waals surface area contributed by atoms with Crippen LogP contribution >= 0.6 is 0 Å². The van der Waals surface area contributed by atoms with Crippen molar-refractivity contribution < 1.29 is 9.18 Å². The third-order valence-electron chi connectivity index (χ3n) is 2.42. The van der Waals surface area contributed by atoms with Crippen LogP contribution in [0.4, 0.5) is 15.9 Å². The van der Waals surface area contributed by atoms with Crippen LogP contribution in [0.1, 0.15) is 24.3 Å². The number of anilines is 2.